The second-order valence-corrected chi connectivity index (χ2v) is 6.45. The fraction of sp³-hybridized carbons (Fsp3) is 0.357. The molecule has 1 unspecified atom stereocenters. The van der Waals surface area contributed by atoms with E-state index in [9.17, 15) is 9.59 Å². The molecule has 21 heavy (non-hydrogen) atoms. The summed E-state index contributed by atoms with van der Waals surface area (Å²) in [5, 5.41) is 6.62. The van der Waals surface area contributed by atoms with E-state index in [2.05, 4.69) is 4.98 Å². The van der Waals surface area contributed by atoms with Gasteiger partial charge in [-0.25, -0.2) is 4.98 Å². The van der Waals surface area contributed by atoms with Gasteiger partial charge in [-0.2, -0.15) is 11.3 Å². The molecular weight excluding hydrogens is 308 g/mol. The van der Waals surface area contributed by atoms with E-state index in [-0.39, 0.29) is 17.8 Å². The van der Waals surface area contributed by atoms with E-state index in [1.165, 1.54) is 18.4 Å². The number of thiazole rings is 1. The van der Waals surface area contributed by atoms with E-state index in [4.69, 9.17) is 4.74 Å². The molecule has 0 aromatic carbocycles. The molecule has 1 atom stereocenters. The summed E-state index contributed by atoms with van der Waals surface area (Å²) in [6.07, 6.45) is 0.653. The van der Waals surface area contributed by atoms with Crippen LogP contribution in [0.25, 0.3) is 10.6 Å². The van der Waals surface area contributed by atoms with E-state index >= 15 is 0 Å². The van der Waals surface area contributed by atoms with Crippen LogP contribution in [0, 0.1) is 5.92 Å². The van der Waals surface area contributed by atoms with Gasteiger partial charge in [0.1, 0.15) is 10.7 Å². The van der Waals surface area contributed by atoms with Gasteiger partial charge in [0.05, 0.1) is 13.0 Å². The molecule has 0 aliphatic carbocycles. The molecule has 2 aromatic rings. The Morgan fingerprint density at radius 1 is 1.43 bits per heavy atom. The first kappa shape index (κ1) is 14.2. The van der Waals surface area contributed by atoms with Crippen molar-refractivity contribution in [3.05, 3.63) is 27.9 Å². The monoisotopic (exact) mass is 322 g/mol. The zero-order valence-electron chi connectivity index (χ0n) is 11.4. The minimum Gasteiger partial charge on any atom is -0.469 e. The standard InChI is InChI=1S/C14H14N2O3S2/c1-19-14(18)9-2-4-16(6-9)13(17)11-8-21-12(15-11)10-3-5-20-7-10/h3,5,7-9H,2,4,6H2,1H3. The molecule has 1 amide bonds. The molecule has 2 aromatic heterocycles. The molecule has 0 saturated carbocycles. The fourth-order valence-corrected chi connectivity index (χ4v) is 3.86. The van der Waals surface area contributed by atoms with Crippen LogP contribution in [0.15, 0.2) is 22.2 Å². The number of likely N-dealkylation sites (tertiary alicyclic amines) is 1. The summed E-state index contributed by atoms with van der Waals surface area (Å²) >= 11 is 3.07. The van der Waals surface area contributed by atoms with Crippen LogP contribution in [0.4, 0.5) is 0 Å². The predicted octanol–water partition coefficient (Wildman–Crippen LogP) is 2.51. The molecule has 5 nitrogen and oxygen atoms in total. The molecule has 3 rings (SSSR count). The lowest BCUT2D eigenvalue weighted by atomic mass is 10.1. The van der Waals surface area contributed by atoms with Crippen molar-refractivity contribution in [2.75, 3.05) is 20.2 Å². The van der Waals surface area contributed by atoms with E-state index in [0.717, 1.165) is 10.6 Å². The molecule has 3 heterocycles. The number of nitrogens with zero attached hydrogens (tertiary/aromatic N) is 2. The number of methoxy groups -OCH3 is 1. The van der Waals surface area contributed by atoms with Gasteiger partial charge in [0.15, 0.2) is 0 Å². The average molecular weight is 322 g/mol. The lowest BCUT2D eigenvalue weighted by Gasteiger charge is -2.14. The van der Waals surface area contributed by atoms with Crippen molar-refractivity contribution in [2.24, 2.45) is 5.92 Å². The number of thiophene rings is 1. The number of hydrogen-bond acceptors (Lipinski definition) is 6. The van der Waals surface area contributed by atoms with E-state index in [1.54, 1.807) is 21.6 Å². The predicted molar refractivity (Wildman–Crippen MR) is 81.5 cm³/mol. The van der Waals surface area contributed by atoms with Crippen molar-refractivity contribution in [2.45, 2.75) is 6.42 Å². The van der Waals surface area contributed by atoms with Crippen LogP contribution in [0.3, 0.4) is 0 Å². The molecular formula is C14H14N2O3S2. The largest absolute Gasteiger partial charge is 0.469 e. The number of ether oxygens (including phenoxy) is 1. The smallest absolute Gasteiger partial charge is 0.310 e. The third-order valence-electron chi connectivity index (χ3n) is 3.50. The van der Waals surface area contributed by atoms with Crippen LogP contribution in [0.2, 0.25) is 0 Å². The summed E-state index contributed by atoms with van der Waals surface area (Å²) in [5.41, 5.74) is 1.49. The number of aromatic nitrogens is 1. The normalized spacial score (nSPS) is 18.0. The van der Waals surface area contributed by atoms with Crippen molar-refractivity contribution in [3.63, 3.8) is 0 Å². The third kappa shape index (κ3) is 2.84. The van der Waals surface area contributed by atoms with Crippen LogP contribution >= 0.6 is 22.7 Å². The molecule has 110 valence electrons. The second kappa shape index (κ2) is 5.95. The highest BCUT2D eigenvalue weighted by atomic mass is 32.1. The van der Waals surface area contributed by atoms with Gasteiger partial charge in [-0.3, -0.25) is 9.59 Å². The van der Waals surface area contributed by atoms with E-state index < -0.39 is 0 Å². The number of carbonyl (C=O) groups is 2. The lowest BCUT2D eigenvalue weighted by molar-refractivity contribution is -0.144. The lowest BCUT2D eigenvalue weighted by Crippen LogP contribution is -2.30. The van der Waals surface area contributed by atoms with Crippen LogP contribution in [0.1, 0.15) is 16.9 Å². The maximum absolute atomic E-state index is 12.4. The zero-order valence-corrected chi connectivity index (χ0v) is 13.1. The quantitative estimate of drug-likeness (QED) is 0.815. The highest BCUT2D eigenvalue weighted by molar-refractivity contribution is 7.14. The van der Waals surface area contributed by atoms with Gasteiger partial charge in [0.25, 0.3) is 5.91 Å². The van der Waals surface area contributed by atoms with Crippen molar-refractivity contribution < 1.29 is 14.3 Å². The van der Waals surface area contributed by atoms with Gasteiger partial charge >= 0.3 is 5.97 Å². The van der Waals surface area contributed by atoms with Gasteiger partial charge in [-0.1, -0.05) is 0 Å². The van der Waals surface area contributed by atoms with Crippen molar-refractivity contribution in [1.82, 2.24) is 9.88 Å². The third-order valence-corrected chi connectivity index (χ3v) is 5.08. The molecule has 0 bridgehead atoms. The Morgan fingerprint density at radius 3 is 3.00 bits per heavy atom. The van der Waals surface area contributed by atoms with E-state index in [1.807, 2.05) is 16.8 Å². The summed E-state index contributed by atoms with van der Waals surface area (Å²) in [6.45, 7) is 0.987. The SMILES string of the molecule is COC(=O)C1CCN(C(=O)c2csc(-c3ccsc3)n2)C1. The maximum atomic E-state index is 12.4. The molecule has 0 N–H and O–H groups in total. The van der Waals surface area contributed by atoms with Gasteiger partial charge in [0.2, 0.25) is 0 Å². The first-order valence-electron chi connectivity index (χ1n) is 6.54. The van der Waals surface area contributed by atoms with Crippen LogP contribution in [-0.2, 0) is 9.53 Å². The number of rotatable bonds is 3. The Hall–Kier alpha value is -1.73. The maximum Gasteiger partial charge on any atom is 0.310 e. The van der Waals surface area contributed by atoms with Gasteiger partial charge < -0.3 is 9.64 Å². The van der Waals surface area contributed by atoms with Gasteiger partial charge in [-0.15, -0.1) is 11.3 Å². The Labute approximate surface area is 130 Å². The molecule has 1 aliphatic rings. The number of amides is 1. The molecule has 1 aliphatic heterocycles. The molecule has 1 fully saturated rings. The molecule has 0 radical (unpaired) electrons. The summed E-state index contributed by atoms with van der Waals surface area (Å²) in [4.78, 5) is 30.0. The van der Waals surface area contributed by atoms with Crippen LogP contribution in [0.5, 0.6) is 0 Å². The highest BCUT2D eigenvalue weighted by Crippen LogP contribution is 2.27. The first-order valence-corrected chi connectivity index (χ1v) is 8.36. The van der Waals surface area contributed by atoms with Crippen molar-refractivity contribution in [1.29, 1.82) is 0 Å². The van der Waals surface area contributed by atoms with Gasteiger partial charge in [0, 0.05) is 29.4 Å². The number of hydrogen-bond donors (Lipinski definition) is 0. The summed E-state index contributed by atoms with van der Waals surface area (Å²) in [7, 11) is 1.38. The molecule has 0 spiro atoms. The summed E-state index contributed by atoms with van der Waals surface area (Å²) < 4.78 is 4.73. The number of carbonyl (C=O) groups excluding carboxylic acids is 2. The average Bonchev–Trinajstić information content (AvgIpc) is 3.25. The Morgan fingerprint density at radius 2 is 2.29 bits per heavy atom. The highest BCUT2D eigenvalue weighted by Gasteiger charge is 2.32. The van der Waals surface area contributed by atoms with Crippen molar-refractivity contribution in [3.8, 4) is 10.6 Å². The minimum atomic E-state index is -0.248. The van der Waals surface area contributed by atoms with Crippen LogP contribution in [-0.4, -0.2) is 42.0 Å². The number of esters is 1. The topological polar surface area (TPSA) is 59.5 Å². The summed E-state index contributed by atoms with van der Waals surface area (Å²) in [5.74, 6) is -0.574. The second-order valence-electron chi connectivity index (χ2n) is 4.81. The Kier molecular flexibility index (Phi) is 4.03. The molecule has 7 heteroatoms. The minimum absolute atomic E-state index is 0.112. The van der Waals surface area contributed by atoms with Crippen LogP contribution < -0.4 is 0 Å². The first-order chi connectivity index (χ1) is 10.2. The molecule has 1 saturated heterocycles. The Balaban J connectivity index is 1.70. The van der Waals surface area contributed by atoms with Gasteiger partial charge in [-0.05, 0) is 17.9 Å². The van der Waals surface area contributed by atoms with E-state index in [0.29, 0.717) is 25.2 Å². The summed E-state index contributed by atoms with van der Waals surface area (Å²) in [6, 6.07) is 1.99. The fourth-order valence-electron chi connectivity index (χ4n) is 2.36. The Bertz CT molecular complexity index is 651. The zero-order chi connectivity index (χ0) is 14.8. The van der Waals surface area contributed by atoms with Crippen molar-refractivity contribution >= 4 is 34.6 Å².